The summed E-state index contributed by atoms with van der Waals surface area (Å²) in [6, 6.07) is 6.72. The first-order valence-electron chi connectivity index (χ1n) is 4.29. The number of hydrogen-bond donors (Lipinski definition) is 1. The third-order valence-corrected chi connectivity index (χ3v) is 1.68. The van der Waals surface area contributed by atoms with Crippen LogP contribution in [-0.2, 0) is 4.74 Å². The van der Waals surface area contributed by atoms with E-state index in [0.29, 0.717) is 17.9 Å². The summed E-state index contributed by atoms with van der Waals surface area (Å²) in [7, 11) is 1.57. The van der Waals surface area contributed by atoms with Gasteiger partial charge in [-0.2, -0.15) is 0 Å². The van der Waals surface area contributed by atoms with Crippen LogP contribution in [0.3, 0.4) is 0 Å². The van der Waals surface area contributed by atoms with Crippen LogP contribution in [0, 0.1) is 0 Å². The van der Waals surface area contributed by atoms with Crippen molar-refractivity contribution in [3.63, 3.8) is 0 Å². The molecule has 4 nitrogen and oxygen atoms in total. The third-order valence-electron chi connectivity index (χ3n) is 1.68. The van der Waals surface area contributed by atoms with Crippen molar-refractivity contribution in [2.75, 3.05) is 20.3 Å². The summed E-state index contributed by atoms with van der Waals surface area (Å²) in [4.78, 5) is 11.3. The van der Waals surface area contributed by atoms with E-state index in [0.717, 1.165) is 0 Å². The molecule has 0 aliphatic carbocycles. The van der Waals surface area contributed by atoms with Crippen molar-refractivity contribution in [3.8, 4) is 5.75 Å². The fourth-order valence-corrected chi connectivity index (χ4v) is 0.962. The molecule has 0 amide bonds. The first-order valence-corrected chi connectivity index (χ1v) is 4.29. The lowest BCUT2D eigenvalue weighted by molar-refractivity contribution is 0.0517. The fraction of sp³-hybridized carbons (Fsp3) is 0.300. The van der Waals surface area contributed by atoms with Gasteiger partial charge in [-0.1, -0.05) is 0 Å². The Labute approximate surface area is 82.6 Å². The maximum atomic E-state index is 11.3. The molecule has 0 spiro atoms. The Balaban J connectivity index is 2.62. The van der Waals surface area contributed by atoms with Crippen molar-refractivity contribution in [2.24, 2.45) is 5.73 Å². The van der Waals surface area contributed by atoms with Gasteiger partial charge in [-0.25, -0.2) is 4.79 Å². The molecule has 1 rings (SSSR count). The SMILES string of the molecule is COc1ccc(C(=O)OCCN)cc1. The van der Waals surface area contributed by atoms with Gasteiger partial charge < -0.3 is 15.2 Å². The lowest BCUT2D eigenvalue weighted by Gasteiger charge is -2.03. The number of carbonyl (C=O) groups excluding carboxylic acids is 1. The van der Waals surface area contributed by atoms with E-state index in [4.69, 9.17) is 15.2 Å². The number of rotatable bonds is 4. The van der Waals surface area contributed by atoms with Crippen LogP contribution >= 0.6 is 0 Å². The van der Waals surface area contributed by atoms with Crippen molar-refractivity contribution >= 4 is 5.97 Å². The van der Waals surface area contributed by atoms with Crippen molar-refractivity contribution in [2.45, 2.75) is 0 Å². The minimum absolute atomic E-state index is 0.241. The smallest absolute Gasteiger partial charge is 0.338 e. The minimum atomic E-state index is -0.363. The van der Waals surface area contributed by atoms with Crippen LogP contribution in [0.5, 0.6) is 5.75 Å². The molecule has 1 aromatic rings. The molecule has 0 bridgehead atoms. The van der Waals surface area contributed by atoms with Gasteiger partial charge in [0.15, 0.2) is 0 Å². The van der Waals surface area contributed by atoms with E-state index in [-0.39, 0.29) is 12.6 Å². The zero-order chi connectivity index (χ0) is 10.4. The van der Waals surface area contributed by atoms with Crippen molar-refractivity contribution in [3.05, 3.63) is 29.8 Å². The molecule has 14 heavy (non-hydrogen) atoms. The van der Waals surface area contributed by atoms with Gasteiger partial charge in [0.05, 0.1) is 12.7 Å². The van der Waals surface area contributed by atoms with E-state index in [1.165, 1.54) is 0 Å². The molecule has 0 radical (unpaired) electrons. The van der Waals surface area contributed by atoms with Crippen LogP contribution in [-0.4, -0.2) is 26.2 Å². The lowest BCUT2D eigenvalue weighted by Crippen LogP contribution is -2.13. The monoisotopic (exact) mass is 195 g/mol. The molecule has 0 atom stereocenters. The molecule has 76 valence electrons. The zero-order valence-corrected chi connectivity index (χ0v) is 8.03. The fourth-order valence-electron chi connectivity index (χ4n) is 0.962. The van der Waals surface area contributed by atoms with E-state index in [9.17, 15) is 4.79 Å². The van der Waals surface area contributed by atoms with E-state index in [2.05, 4.69) is 0 Å². The maximum Gasteiger partial charge on any atom is 0.338 e. The van der Waals surface area contributed by atoms with Gasteiger partial charge in [-0.05, 0) is 24.3 Å². The zero-order valence-electron chi connectivity index (χ0n) is 8.03. The molecule has 1 aromatic carbocycles. The van der Waals surface area contributed by atoms with Crippen molar-refractivity contribution in [1.82, 2.24) is 0 Å². The second kappa shape index (κ2) is 5.24. The molecule has 0 saturated heterocycles. The third kappa shape index (κ3) is 2.74. The normalized spacial score (nSPS) is 9.57. The molecule has 2 N–H and O–H groups in total. The Morgan fingerprint density at radius 2 is 2.00 bits per heavy atom. The topological polar surface area (TPSA) is 61.5 Å². The highest BCUT2D eigenvalue weighted by Gasteiger charge is 2.05. The van der Waals surface area contributed by atoms with Crippen LogP contribution < -0.4 is 10.5 Å². The number of carbonyl (C=O) groups is 1. The Bertz CT molecular complexity index is 295. The highest BCUT2D eigenvalue weighted by Crippen LogP contribution is 2.11. The van der Waals surface area contributed by atoms with E-state index in [1.807, 2.05) is 0 Å². The number of esters is 1. The quantitative estimate of drug-likeness (QED) is 0.722. The largest absolute Gasteiger partial charge is 0.497 e. The van der Waals surface area contributed by atoms with Crippen molar-refractivity contribution < 1.29 is 14.3 Å². The molecule has 0 saturated carbocycles. The number of ether oxygens (including phenoxy) is 2. The molecule has 0 aromatic heterocycles. The first-order chi connectivity index (χ1) is 6.77. The Kier molecular flexibility index (Phi) is 3.94. The highest BCUT2D eigenvalue weighted by atomic mass is 16.5. The van der Waals surface area contributed by atoms with Gasteiger partial charge in [0.25, 0.3) is 0 Å². The van der Waals surface area contributed by atoms with Gasteiger partial charge in [0, 0.05) is 6.54 Å². The van der Waals surface area contributed by atoms with Gasteiger partial charge in [0.1, 0.15) is 12.4 Å². The highest BCUT2D eigenvalue weighted by molar-refractivity contribution is 5.89. The van der Waals surface area contributed by atoms with E-state index >= 15 is 0 Å². The molecule has 0 aliphatic rings. The Hall–Kier alpha value is -1.55. The summed E-state index contributed by atoms with van der Waals surface area (Å²) in [5.74, 6) is 0.346. The predicted molar refractivity (Wildman–Crippen MR) is 52.3 cm³/mol. The summed E-state index contributed by atoms with van der Waals surface area (Å²) in [5, 5.41) is 0. The Morgan fingerprint density at radius 1 is 1.36 bits per heavy atom. The Morgan fingerprint density at radius 3 is 2.50 bits per heavy atom. The summed E-state index contributed by atoms with van der Waals surface area (Å²) in [5.41, 5.74) is 5.70. The standard InChI is InChI=1S/C10H13NO3/c1-13-9-4-2-8(3-5-9)10(12)14-7-6-11/h2-5H,6-7,11H2,1H3. The molecule has 0 fully saturated rings. The summed E-state index contributed by atoms with van der Waals surface area (Å²) < 4.78 is 9.80. The molecule has 0 heterocycles. The summed E-state index contributed by atoms with van der Waals surface area (Å²) in [6.45, 7) is 0.576. The van der Waals surface area contributed by atoms with Crippen LogP contribution in [0.15, 0.2) is 24.3 Å². The van der Waals surface area contributed by atoms with Crippen LogP contribution in [0.1, 0.15) is 10.4 Å². The van der Waals surface area contributed by atoms with Crippen LogP contribution in [0.2, 0.25) is 0 Å². The van der Waals surface area contributed by atoms with E-state index < -0.39 is 0 Å². The van der Waals surface area contributed by atoms with Gasteiger partial charge in [0.2, 0.25) is 0 Å². The van der Waals surface area contributed by atoms with Gasteiger partial charge in [-0.15, -0.1) is 0 Å². The number of nitrogens with two attached hydrogens (primary N) is 1. The average molecular weight is 195 g/mol. The lowest BCUT2D eigenvalue weighted by atomic mass is 10.2. The summed E-state index contributed by atoms with van der Waals surface area (Å²) >= 11 is 0. The second-order valence-electron chi connectivity index (χ2n) is 2.65. The molecule has 4 heteroatoms. The molecular weight excluding hydrogens is 182 g/mol. The van der Waals surface area contributed by atoms with Gasteiger partial charge in [-0.3, -0.25) is 0 Å². The number of hydrogen-bond acceptors (Lipinski definition) is 4. The van der Waals surface area contributed by atoms with Crippen LogP contribution in [0.4, 0.5) is 0 Å². The average Bonchev–Trinajstić information content (AvgIpc) is 2.26. The summed E-state index contributed by atoms with van der Waals surface area (Å²) in [6.07, 6.45) is 0. The minimum Gasteiger partial charge on any atom is -0.497 e. The predicted octanol–water partition coefficient (Wildman–Crippen LogP) is 0.811. The number of methoxy groups -OCH3 is 1. The first kappa shape index (κ1) is 10.5. The van der Waals surface area contributed by atoms with E-state index in [1.54, 1.807) is 31.4 Å². The molecular formula is C10H13NO3. The van der Waals surface area contributed by atoms with Crippen LogP contribution in [0.25, 0.3) is 0 Å². The van der Waals surface area contributed by atoms with Crippen molar-refractivity contribution in [1.29, 1.82) is 0 Å². The second-order valence-corrected chi connectivity index (χ2v) is 2.65. The molecule has 0 unspecified atom stereocenters. The van der Waals surface area contributed by atoms with Gasteiger partial charge >= 0.3 is 5.97 Å². The number of benzene rings is 1. The maximum absolute atomic E-state index is 11.3. The molecule has 0 aliphatic heterocycles.